The van der Waals surface area contributed by atoms with Gasteiger partial charge >= 0.3 is 0 Å². The molecule has 0 spiro atoms. The molecular weight excluding hydrogens is 434 g/mol. The molecule has 0 atom stereocenters. The summed E-state index contributed by atoms with van der Waals surface area (Å²) in [6, 6.07) is 17.4. The summed E-state index contributed by atoms with van der Waals surface area (Å²) >= 11 is 8.99. The lowest BCUT2D eigenvalue weighted by Gasteiger charge is -2.19. The zero-order chi connectivity index (χ0) is 21.1. The smallest absolute Gasteiger partial charge is 0.239 e. The fraction of sp³-hybridized carbons (Fsp3) is 0.174. The number of nitrogens with zero attached hydrogens (tertiary/aromatic N) is 3. The molecule has 0 unspecified atom stereocenters. The molecule has 0 aliphatic rings. The fourth-order valence-electron chi connectivity index (χ4n) is 3.00. The highest BCUT2D eigenvalue weighted by Crippen LogP contribution is 2.33. The molecule has 1 amide bonds. The van der Waals surface area contributed by atoms with Gasteiger partial charge in [0.15, 0.2) is 5.13 Å². The normalized spacial score (nSPS) is 11.0. The quantitative estimate of drug-likeness (QED) is 0.322. The SMILES string of the molecule is Cc1ccc2sc(N(Cc3ccccn3)C(=O)CSc3ccc(Cl)cc3)nc2c1C. The number of carbonyl (C=O) groups excluding carboxylic acids is 1. The van der Waals surface area contributed by atoms with E-state index in [0.29, 0.717) is 22.5 Å². The maximum Gasteiger partial charge on any atom is 0.239 e. The van der Waals surface area contributed by atoms with E-state index in [0.717, 1.165) is 26.4 Å². The molecule has 0 radical (unpaired) electrons. The Labute approximate surface area is 188 Å². The van der Waals surface area contributed by atoms with E-state index < -0.39 is 0 Å². The van der Waals surface area contributed by atoms with Gasteiger partial charge in [-0.1, -0.05) is 35.1 Å². The predicted molar refractivity (Wildman–Crippen MR) is 127 cm³/mol. The summed E-state index contributed by atoms with van der Waals surface area (Å²) in [4.78, 5) is 25.2. The molecule has 2 aromatic carbocycles. The van der Waals surface area contributed by atoms with Crippen molar-refractivity contribution in [2.24, 2.45) is 0 Å². The first kappa shape index (κ1) is 20.8. The number of amides is 1. The molecule has 0 aliphatic carbocycles. The van der Waals surface area contributed by atoms with E-state index in [1.165, 1.54) is 28.7 Å². The van der Waals surface area contributed by atoms with Gasteiger partial charge in [0.1, 0.15) is 0 Å². The lowest BCUT2D eigenvalue weighted by Crippen LogP contribution is -2.32. The molecule has 0 fully saturated rings. The number of pyridine rings is 1. The maximum atomic E-state index is 13.2. The van der Waals surface area contributed by atoms with E-state index in [-0.39, 0.29) is 5.91 Å². The van der Waals surface area contributed by atoms with Gasteiger partial charge in [-0.05, 0) is 67.4 Å². The maximum absolute atomic E-state index is 13.2. The van der Waals surface area contributed by atoms with Gasteiger partial charge in [-0.15, -0.1) is 11.8 Å². The Kier molecular flexibility index (Phi) is 6.37. The summed E-state index contributed by atoms with van der Waals surface area (Å²) in [7, 11) is 0. The third kappa shape index (κ3) is 4.67. The zero-order valence-corrected chi connectivity index (χ0v) is 19.0. The minimum Gasteiger partial charge on any atom is -0.281 e. The van der Waals surface area contributed by atoms with Crippen molar-refractivity contribution in [1.29, 1.82) is 0 Å². The van der Waals surface area contributed by atoms with Crippen molar-refractivity contribution in [2.45, 2.75) is 25.3 Å². The Bertz CT molecular complexity index is 1180. The van der Waals surface area contributed by atoms with Crippen LogP contribution in [0, 0.1) is 13.8 Å². The van der Waals surface area contributed by atoms with E-state index in [4.69, 9.17) is 16.6 Å². The lowest BCUT2D eigenvalue weighted by atomic mass is 10.1. The minimum atomic E-state index is -0.00552. The number of aromatic nitrogens is 2. The monoisotopic (exact) mass is 453 g/mol. The predicted octanol–water partition coefficient (Wildman–Crippen LogP) is 6.29. The lowest BCUT2D eigenvalue weighted by molar-refractivity contribution is -0.116. The number of benzene rings is 2. The van der Waals surface area contributed by atoms with Gasteiger partial charge in [0, 0.05) is 16.1 Å². The highest BCUT2D eigenvalue weighted by Gasteiger charge is 2.21. The van der Waals surface area contributed by atoms with Crippen molar-refractivity contribution in [3.05, 3.63) is 82.6 Å². The van der Waals surface area contributed by atoms with Crippen LogP contribution < -0.4 is 4.90 Å². The van der Waals surface area contributed by atoms with Crippen molar-refractivity contribution in [1.82, 2.24) is 9.97 Å². The second-order valence-electron chi connectivity index (χ2n) is 6.89. The van der Waals surface area contributed by atoms with Gasteiger partial charge < -0.3 is 0 Å². The largest absolute Gasteiger partial charge is 0.281 e. The molecule has 0 bridgehead atoms. The summed E-state index contributed by atoms with van der Waals surface area (Å²) < 4.78 is 1.08. The van der Waals surface area contributed by atoms with Gasteiger partial charge in [-0.25, -0.2) is 4.98 Å². The Hall–Kier alpha value is -2.41. The summed E-state index contributed by atoms with van der Waals surface area (Å²) in [5, 5.41) is 1.38. The van der Waals surface area contributed by atoms with Gasteiger partial charge in [0.05, 0.1) is 28.2 Å². The van der Waals surface area contributed by atoms with E-state index in [1.807, 2.05) is 42.5 Å². The molecule has 4 aromatic rings. The number of thioether (sulfide) groups is 1. The van der Waals surface area contributed by atoms with Crippen LogP contribution in [-0.2, 0) is 11.3 Å². The second kappa shape index (κ2) is 9.16. The highest BCUT2D eigenvalue weighted by molar-refractivity contribution is 8.00. The van der Waals surface area contributed by atoms with Gasteiger partial charge in [-0.3, -0.25) is 14.7 Å². The average molecular weight is 454 g/mol. The number of fused-ring (bicyclic) bond motifs is 1. The van der Waals surface area contributed by atoms with Crippen LogP contribution in [0.5, 0.6) is 0 Å². The molecule has 152 valence electrons. The first-order chi connectivity index (χ1) is 14.5. The Morgan fingerprint density at radius 2 is 1.90 bits per heavy atom. The number of halogens is 1. The molecule has 2 heterocycles. The zero-order valence-electron chi connectivity index (χ0n) is 16.6. The van der Waals surface area contributed by atoms with Crippen molar-refractivity contribution in [3.8, 4) is 0 Å². The molecule has 30 heavy (non-hydrogen) atoms. The standard InChI is InChI=1S/C23H20ClN3OS2/c1-15-6-11-20-22(16(15)2)26-23(30-20)27(13-18-5-3-4-12-25-18)21(28)14-29-19-9-7-17(24)8-10-19/h3-12H,13-14H2,1-2H3. The molecule has 0 N–H and O–H groups in total. The van der Waals surface area contributed by atoms with Gasteiger partial charge in [0.25, 0.3) is 0 Å². The van der Waals surface area contributed by atoms with Crippen LogP contribution in [0.25, 0.3) is 10.2 Å². The van der Waals surface area contributed by atoms with Crippen molar-refractivity contribution in [3.63, 3.8) is 0 Å². The number of hydrogen-bond acceptors (Lipinski definition) is 5. The molecule has 0 aliphatic heterocycles. The Morgan fingerprint density at radius 3 is 2.63 bits per heavy atom. The highest BCUT2D eigenvalue weighted by atomic mass is 35.5. The molecule has 0 saturated carbocycles. The van der Waals surface area contributed by atoms with Crippen molar-refractivity contribution < 1.29 is 4.79 Å². The van der Waals surface area contributed by atoms with Crippen LogP contribution in [0.2, 0.25) is 5.02 Å². The third-order valence-corrected chi connectivity index (χ3v) is 7.12. The van der Waals surface area contributed by atoms with E-state index in [9.17, 15) is 4.79 Å². The molecule has 4 rings (SSSR count). The number of thiazole rings is 1. The number of aryl methyl sites for hydroxylation is 2. The number of carbonyl (C=O) groups is 1. The first-order valence-electron chi connectivity index (χ1n) is 9.46. The Balaban J connectivity index is 1.63. The second-order valence-corrected chi connectivity index (χ2v) is 9.39. The molecule has 4 nitrogen and oxygen atoms in total. The van der Waals surface area contributed by atoms with Crippen LogP contribution in [0.3, 0.4) is 0 Å². The summed E-state index contributed by atoms with van der Waals surface area (Å²) in [5.74, 6) is 0.302. The third-order valence-electron chi connectivity index (χ3n) is 4.83. The number of rotatable bonds is 6. The minimum absolute atomic E-state index is 0.00552. The van der Waals surface area contributed by atoms with Crippen LogP contribution in [-0.4, -0.2) is 21.6 Å². The van der Waals surface area contributed by atoms with E-state index >= 15 is 0 Å². The van der Waals surface area contributed by atoms with Crippen LogP contribution in [0.15, 0.2) is 65.7 Å². The van der Waals surface area contributed by atoms with Crippen molar-refractivity contribution in [2.75, 3.05) is 10.7 Å². The van der Waals surface area contributed by atoms with Gasteiger partial charge in [0.2, 0.25) is 5.91 Å². The Morgan fingerprint density at radius 1 is 1.10 bits per heavy atom. The average Bonchev–Trinajstić information content (AvgIpc) is 3.19. The van der Waals surface area contributed by atoms with E-state index in [1.54, 1.807) is 11.1 Å². The van der Waals surface area contributed by atoms with Crippen LogP contribution >= 0.6 is 34.7 Å². The van der Waals surface area contributed by atoms with E-state index in [2.05, 4.69) is 31.0 Å². The number of anilines is 1. The van der Waals surface area contributed by atoms with Gasteiger partial charge in [-0.2, -0.15) is 0 Å². The first-order valence-corrected chi connectivity index (χ1v) is 11.6. The van der Waals surface area contributed by atoms with Crippen molar-refractivity contribution >= 4 is 56.0 Å². The fourth-order valence-corrected chi connectivity index (χ4v) is 4.94. The molecule has 7 heteroatoms. The van der Waals surface area contributed by atoms with Crippen LogP contribution in [0.4, 0.5) is 5.13 Å². The summed E-state index contributed by atoms with van der Waals surface area (Å²) in [6.45, 7) is 4.54. The summed E-state index contributed by atoms with van der Waals surface area (Å²) in [6.07, 6.45) is 1.74. The topological polar surface area (TPSA) is 46.1 Å². The summed E-state index contributed by atoms with van der Waals surface area (Å²) in [5.41, 5.74) is 4.13. The number of hydrogen-bond donors (Lipinski definition) is 0. The molecule has 0 saturated heterocycles. The molecule has 2 aromatic heterocycles. The van der Waals surface area contributed by atoms with Crippen LogP contribution in [0.1, 0.15) is 16.8 Å². The molecular formula is C23H20ClN3OS2.